The summed E-state index contributed by atoms with van der Waals surface area (Å²) >= 11 is 0. The number of phenolic OH excluding ortho intramolecular Hbond substituents is 1. The van der Waals surface area contributed by atoms with Gasteiger partial charge in [-0.25, -0.2) is 14.2 Å². The molecule has 1 aliphatic rings. The van der Waals surface area contributed by atoms with Gasteiger partial charge in [0.05, 0.1) is 12.6 Å². The number of carbonyl (C=O) groups is 1. The van der Waals surface area contributed by atoms with Crippen molar-refractivity contribution >= 4 is 27.7 Å². The highest BCUT2D eigenvalue weighted by molar-refractivity contribution is 6.16. The van der Waals surface area contributed by atoms with Crippen LogP contribution in [0.1, 0.15) is 65.0 Å². The molecule has 8 heteroatoms. The number of aromatic nitrogens is 1. The molecule has 3 heterocycles. The highest BCUT2D eigenvalue weighted by Gasteiger charge is 2.34. The number of halogens is 1. The molecule has 6 rings (SSSR count). The van der Waals surface area contributed by atoms with Crippen molar-refractivity contribution in [2.75, 3.05) is 19.7 Å². The fourth-order valence-electron chi connectivity index (χ4n) is 6.01. The number of phenols is 1. The molecule has 1 aliphatic heterocycles. The quantitative estimate of drug-likeness (QED) is 0.194. The Hall–Kier alpha value is -4.43. The highest BCUT2D eigenvalue weighted by Crippen LogP contribution is 2.48. The maximum absolute atomic E-state index is 13.4. The summed E-state index contributed by atoms with van der Waals surface area (Å²) in [6, 6.07) is 17.1. The molecule has 3 aromatic carbocycles. The van der Waals surface area contributed by atoms with Gasteiger partial charge in [0, 0.05) is 34.0 Å². The van der Waals surface area contributed by atoms with Gasteiger partial charge in [0.15, 0.2) is 0 Å². The zero-order chi connectivity index (χ0) is 29.2. The Morgan fingerprint density at radius 1 is 1.07 bits per heavy atom. The highest BCUT2D eigenvalue weighted by atomic mass is 19.1. The molecular formula is C34H33FN2O5. The minimum atomic E-state index is -0.486. The second kappa shape index (κ2) is 11.8. The fraction of sp³-hybridized carbons (Fsp3) is 0.294. The van der Waals surface area contributed by atoms with Crippen molar-refractivity contribution in [1.82, 2.24) is 9.88 Å². The first-order valence-corrected chi connectivity index (χ1v) is 14.4. The normalized spacial score (nSPS) is 14.7. The van der Waals surface area contributed by atoms with Gasteiger partial charge in [-0.15, -0.1) is 0 Å². The lowest BCUT2D eigenvalue weighted by atomic mass is 9.88. The summed E-state index contributed by atoms with van der Waals surface area (Å²) in [5, 5.41) is 13.9. The Morgan fingerprint density at radius 2 is 1.81 bits per heavy atom. The van der Waals surface area contributed by atoms with Crippen LogP contribution >= 0.6 is 0 Å². The van der Waals surface area contributed by atoms with Crippen LogP contribution in [0.5, 0.6) is 11.6 Å². The van der Waals surface area contributed by atoms with Crippen LogP contribution in [-0.4, -0.2) is 40.7 Å². The van der Waals surface area contributed by atoms with Crippen molar-refractivity contribution in [2.24, 2.45) is 0 Å². The van der Waals surface area contributed by atoms with E-state index in [0.717, 1.165) is 48.9 Å². The van der Waals surface area contributed by atoms with E-state index in [4.69, 9.17) is 13.9 Å². The van der Waals surface area contributed by atoms with Crippen LogP contribution in [0.3, 0.4) is 0 Å². The molecule has 216 valence electrons. The Labute approximate surface area is 243 Å². The molecule has 1 N–H and O–H groups in total. The first-order chi connectivity index (χ1) is 20.5. The van der Waals surface area contributed by atoms with Gasteiger partial charge in [0.2, 0.25) is 5.88 Å². The number of furan rings is 1. The van der Waals surface area contributed by atoms with Crippen molar-refractivity contribution in [1.29, 1.82) is 0 Å². The average Bonchev–Trinajstić information content (AvgIpc) is 3.36. The van der Waals surface area contributed by atoms with E-state index in [9.17, 15) is 14.3 Å². The second-order valence-electron chi connectivity index (χ2n) is 10.6. The first kappa shape index (κ1) is 27.7. The average molecular weight is 569 g/mol. The number of aryl methyl sites for hydroxylation is 1. The Kier molecular flexibility index (Phi) is 7.80. The van der Waals surface area contributed by atoms with Gasteiger partial charge in [-0.3, -0.25) is 4.90 Å². The number of likely N-dealkylation sites (tertiary alicyclic amines) is 1. The Bertz CT molecular complexity index is 1740. The summed E-state index contributed by atoms with van der Waals surface area (Å²) in [5.74, 6) is 0.160. The van der Waals surface area contributed by atoms with E-state index < -0.39 is 12.0 Å². The standard InChI is InChI=1S/C34H33FN2O5/c1-3-40-34(39)28-21(2)42-33-26-10-6-5-9-25(26)32(38)30(29(28)33)31(37-17-7-4-8-18-37)23-15-16-36-27(19-23)41-20-22-11-13-24(35)14-12-22/h5-6,9-16,19,31,38H,3-4,7-8,17-18,20H2,1-2H3. The molecule has 7 nitrogen and oxygen atoms in total. The lowest BCUT2D eigenvalue weighted by Gasteiger charge is -2.36. The van der Waals surface area contributed by atoms with Crippen LogP contribution < -0.4 is 4.74 Å². The number of aromatic hydroxyl groups is 1. The van der Waals surface area contributed by atoms with Crippen molar-refractivity contribution in [3.8, 4) is 11.6 Å². The van der Waals surface area contributed by atoms with Crippen LogP contribution in [0.15, 0.2) is 71.3 Å². The van der Waals surface area contributed by atoms with E-state index in [2.05, 4.69) is 9.88 Å². The number of hydrogen-bond acceptors (Lipinski definition) is 7. The predicted octanol–water partition coefficient (Wildman–Crippen LogP) is 7.47. The second-order valence-corrected chi connectivity index (χ2v) is 10.6. The van der Waals surface area contributed by atoms with Crippen LogP contribution in [0.25, 0.3) is 21.7 Å². The third kappa shape index (κ3) is 5.18. The first-order valence-electron chi connectivity index (χ1n) is 14.4. The Balaban J connectivity index is 1.54. The van der Waals surface area contributed by atoms with Crippen molar-refractivity contribution in [3.63, 3.8) is 0 Å². The number of nitrogens with zero attached hydrogens (tertiary/aromatic N) is 2. The SMILES string of the molecule is CCOC(=O)c1c(C)oc2c1c(C(c1ccnc(OCc3ccc(F)cc3)c1)N1CCCCC1)c(O)c1ccccc12. The zero-order valence-electron chi connectivity index (χ0n) is 23.7. The number of esters is 1. The number of carbonyl (C=O) groups excluding carboxylic acids is 1. The van der Waals surface area contributed by atoms with Gasteiger partial charge in [-0.2, -0.15) is 0 Å². The molecular weight excluding hydrogens is 535 g/mol. The number of fused-ring (bicyclic) bond motifs is 3. The van der Waals surface area contributed by atoms with Crippen LogP contribution in [0.2, 0.25) is 0 Å². The molecule has 5 aromatic rings. The van der Waals surface area contributed by atoms with Gasteiger partial charge in [-0.1, -0.05) is 42.8 Å². The van der Waals surface area contributed by atoms with Crippen molar-refractivity contribution in [2.45, 2.75) is 45.8 Å². The minimum Gasteiger partial charge on any atom is -0.507 e. The number of pyridine rings is 1. The molecule has 1 fully saturated rings. The number of rotatable bonds is 8. The molecule has 1 saturated heterocycles. The topological polar surface area (TPSA) is 85.0 Å². The van der Waals surface area contributed by atoms with Crippen molar-refractivity contribution < 1.29 is 28.2 Å². The molecule has 0 aliphatic carbocycles. The third-order valence-electron chi connectivity index (χ3n) is 7.92. The molecule has 0 spiro atoms. The Morgan fingerprint density at radius 3 is 2.55 bits per heavy atom. The van der Waals surface area contributed by atoms with E-state index in [0.29, 0.717) is 39.1 Å². The van der Waals surface area contributed by atoms with E-state index in [1.165, 1.54) is 12.1 Å². The summed E-state index contributed by atoms with van der Waals surface area (Å²) in [6.07, 6.45) is 4.85. The van der Waals surface area contributed by atoms with Gasteiger partial charge >= 0.3 is 5.97 Å². The molecule has 0 radical (unpaired) electrons. The smallest absolute Gasteiger partial charge is 0.342 e. The number of hydrogen-bond donors (Lipinski definition) is 1. The molecule has 2 aromatic heterocycles. The van der Waals surface area contributed by atoms with E-state index >= 15 is 0 Å². The van der Waals surface area contributed by atoms with Gasteiger partial charge in [-0.05, 0) is 69.1 Å². The molecule has 42 heavy (non-hydrogen) atoms. The summed E-state index contributed by atoms with van der Waals surface area (Å²) in [6.45, 7) is 5.60. The molecule has 0 amide bonds. The largest absolute Gasteiger partial charge is 0.507 e. The van der Waals surface area contributed by atoms with E-state index in [-0.39, 0.29) is 24.8 Å². The number of benzene rings is 3. The summed E-state index contributed by atoms with van der Waals surface area (Å²) < 4.78 is 31.1. The van der Waals surface area contributed by atoms with Gasteiger partial charge < -0.3 is 19.0 Å². The number of ether oxygens (including phenoxy) is 2. The maximum atomic E-state index is 13.4. The van der Waals surface area contributed by atoms with E-state index in [1.807, 2.05) is 36.4 Å². The lowest BCUT2D eigenvalue weighted by Crippen LogP contribution is -2.34. The molecule has 1 unspecified atom stereocenters. The predicted molar refractivity (Wildman–Crippen MR) is 158 cm³/mol. The maximum Gasteiger partial charge on any atom is 0.342 e. The van der Waals surface area contributed by atoms with Gasteiger partial charge in [0.1, 0.15) is 35.1 Å². The monoisotopic (exact) mass is 568 g/mol. The van der Waals surface area contributed by atoms with Crippen LogP contribution in [0.4, 0.5) is 4.39 Å². The minimum absolute atomic E-state index is 0.102. The fourth-order valence-corrected chi connectivity index (χ4v) is 6.01. The summed E-state index contributed by atoms with van der Waals surface area (Å²) in [4.78, 5) is 20.1. The van der Waals surface area contributed by atoms with Crippen LogP contribution in [-0.2, 0) is 11.3 Å². The van der Waals surface area contributed by atoms with Crippen LogP contribution in [0, 0.1) is 12.7 Å². The molecule has 0 saturated carbocycles. The van der Waals surface area contributed by atoms with Gasteiger partial charge in [0.25, 0.3) is 0 Å². The molecule has 1 atom stereocenters. The van der Waals surface area contributed by atoms with E-state index in [1.54, 1.807) is 32.2 Å². The summed E-state index contributed by atoms with van der Waals surface area (Å²) in [5.41, 5.74) is 3.15. The molecule has 0 bridgehead atoms. The summed E-state index contributed by atoms with van der Waals surface area (Å²) in [7, 11) is 0. The zero-order valence-corrected chi connectivity index (χ0v) is 23.7. The lowest BCUT2D eigenvalue weighted by molar-refractivity contribution is 0.0526. The van der Waals surface area contributed by atoms with Crippen molar-refractivity contribution in [3.05, 3.63) is 101 Å². The number of piperidine rings is 1. The third-order valence-corrected chi connectivity index (χ3v) is 7.92.